The van der Waals surface area contributed by atoms with Crippen molar-refractivity contribution in [2.75, 3.05) is 31.6 Å². The van der Waals surface area contributed by atoms with E-state index in [1.165, 1.54) is 0 Å². The van der Waals surface area contributed by atoms with Crippen molar-refractivity contribution in [1.29, 1.82) is 0 Å². The van der Waals surface area contributed by atoms with Gasteiger partial charge in [-0.05, 0) is 6.42 Å². The first-order valence-corrected chi connectivity index (χ1v) is 5.69. The van der Waals surface area contributed by atoms with E-state index >= 15 is 0 Å². The smallest absolute Gasteiger partial charge is 0.228 e. The standard InChI is InChI=1S/C11H18N4O/c1-3-6-15(9-7-12-8-9)11-13-5-4-10(14-11)16-2/h4-5,9,12H,3,6-8H2,1-2H3. The van der Waals surface area contributed by atoms with Gasteiger partial charge in [-0.2, -0.15) is 4.98 Å². The Balaban J connectivity index is 2.16. The second-order valence-electron chi connectivity index (χ2n) is 3.90. The van der Waals surface area contributed by atoms with Gasteiger partial charge < -0.3 is 15.0 Å². The van der Waals surface area contributed by atoms with E-state index in [4.69, 9.17) is 4.74 Å². The Kier molecular flexibility index (Phi) is 3.56. The quantitative estimate of drug-likeness (QED) is 0.793. The van der Waals surface area contributed by atoms with Crippen molar-refractivity contribution in [2.24, 2.45) is 0 Å². The van der Waals surface area contributed by atoms with Gasteiger partial charge >= 0.3 is 0 Å². The van der Waals surface area contributed by atoms with Gasteiger partial charge in [0.15, 0.2) is 0 Å². The largest absolute Gasteiger partial charge is 0.481 e. The maximum atomic E-state index is 5.12. The summed E-state index contributed by atoms with van der Waals surface area (Å²) in [6.07, 6.45) is 2.84. The van der Waals surface area contributed by atoms with Gasteiger partial charge in [0, 0.05) is 31.9 Å². The van der Waals surface area contributed by atoms with Gasteiger partial charge in [-0.3, -0.25) is 0 Å². The molecule has 2 rings (SSSR count). The molecule has 5 heteroatoms. The molecule has 1 aromatic heterocycles. The molecule has 5 nitrogen and oxygen atoms in total. The van der Waals surface area contributed by atoms with E-state index < -0.39 is 0 Å². The van der Waals surface area contributed by atoms with Gasteiger partial charge in [0.05, 0.1) is 13.2 Å². The monoisotopic (exact) mass is 222 g/mol. The van der Waals surface area contributed by atoms with Gasteiger partial charge in [-0.15, -0.1) is 0 Å². The number of nitrogens with zero attached hydrogens (tertiary/aromatic N) is 3. The second-order valence-corrected chi connectivity index (χ2v) is 3.90. The van der Waals surface area contributed by atoms with Crippen molar-refractivity contribution >= 4 is 5.95 Å². The van der Waals surface area contributed by atoms with Crippen molar-refractivity contribution < 1.29 is 4.74 Å². The summed E-state index contributed by atoms with van der Waals surface area (Å²) >= 11 is 0. The van der Waals surface area contributed by atoms with Crippen LogP contribution in [0.15, 0.2) is 12.3 Å². The van der Waals surface area contributed by atoms with E-state index in [9.17, 15) is 0 Å². The van der Waals surface area contributed by atoms with Crippen molar-refractivity contribution in [2.45, 2.75) is 19.4 Å². The van der Waals surface area contributed by atoms with Crippen LogP contribution in [-0.2, 0) is 0 Å². The van der Waals surface area contributed by atoms with E-state index in [1.807, 2.05) is 0 Å². The van der Waals surface area contributed by atoms with Gasteiger partial charge in [0.2, 0.25) is 11.8 Å². The van der Waals surface area contributed by atoms with Crippen LogP contribution in [0, 0.1) is 0 Å². The number of ether oxygens (including phenoxy) is 1. The van der Waals surface area contributed by atoms with Crippen LogP contribution in [0.2, 0.25) is 0 Å². The molecule has 0 spiro atoms. The minimum absolute atomic E-state index is 0.520. The third-order valence-electron chi connectivity index (χ3n) is 2.75. The lowest BCUT2D eigenvalue weighted by atomic mass is 10.1. The van der Waals surface area contributed by atoms with Crippen LogP contribution < -0.4 is 15.0 Å². The molecule has 0 bridgehead atoms. The third-order valence-corrected chi connectivity index (χ3v) is 2.75. The number of aromatic nitrogens is 2. The highest BCUT2D eigenvalue weighted by Crippen LogP contribution is 2.17. The number of rotatable bonds is 5. The number of anilines is 1. The molecule has 1 aliphatic heterocycles. The third kappa shape index (κ3) is 2.24. The van der Waals surface area contributed by atoms with E-state index in [0.717, 1.165) is 32.0 Å². The fraction of sp³-hybridized carbons (Fsp3) is 0.636. The Morgan fingerprint density at radius 1 is 1.56 bits per heavy atom. The van der Waals surface area contributed by atoms with Crippen LogP contribution in [0.3, 0.4) is 0 Å². The number of hydrogen-bond donors (Lipinski definition) is 1. The summed E-state index contributed by atoms with van der Waals surface area (Å²) in [5.41, 5.74) is 0. The molecule has 1 saturated heterocycles. The van der Waals surface area contributed by atoms with Crippen LogP contribution in [0.25, 0.3) is 0 Å². The van der Waals surface area contributed by atoms with E-state index in [1.54, 1.807) is 19.4 Å². The van der Waals surface area contributed by atoms with Crippen molar-refractivity contribution in [3.63, 3.8) is 0 Å². The molecule has 0 radical (unpaired) electrons. The predicted molar refractivity (Wildman–Crippen MR) is 62.9 cm³/mol. The Labute approximate surface area is 95.8 Å². The Morgan fingerprint density at radius 2 is 2.38 bits per heavy atom. The maximum Gasteiger partial charge on any atom is 0.228 e. The van der Waals surface area contributed by atoms with Gasteiger partial charge in [-0.1, -0.05) is 6.92 Å². The summed E-state index contributed by atoms with van der Waals surface area (Å²) in [6, 6.07) is 2.29. The summed E-state index contributed by atoms with van der Waals surface area (Å²) in [7, 11) is 1.63. The highest BCUT2D eigenvalue weighted by Gasteiger charge is 2.25. The molecule has 2 heterocycles. The molecule has 1 fully saturated rings. The summed E-state index contributed by atoms with van der Waals surface area (Å²) in [6.45, 7) is 5.18. The normalized spacial score (nSPS) is 15.6. The van der Waals surface area contributed by atoms with Crippen molar-refractivity contribution in [1.82, 2.24) is 15.3 Å². The van der Waals surface area contributed by atoms with Crippen molar-refractivity contribution in [3.8, 4) is 5.88 Å². The topological polar surface area (TPSA) is 50.3 Å². The summed E-state index contributed by atoms with van der Waals surface area (Å²) in [5, 5.41) is 3.27. The average molecular weight is 222 g/mol. The van der Waals surface area contributed by atoms with Gasteiger partial charge in [-0.25, -0.2) is 4.98 Å². The first-order valence-electron chi connectivity index (χ1n) is 5.69. The minimum Gasteiger partial charge on any atom is -0.481 e. The number of methoxy groups -OCH3 is 1. The molecule has 0 amide bonds. The van der Waals surface area contributed by atoms with Gasteiger partial charge in [0.1, 0.15) is 0 Å². The molecule has 1 aromatic rings. The van der Waals surface area contributed by atoms with Crippen LogP contribution >= 0.6 is 0 Å². The number of hydrogen-bond acceptors (Lipinski definition) is 5. The first-order chi connectivity index (χ1) is 7.85. The molecule has 1 N–H and O–H groups in total. The molecule has 0 aliphatic carbocycles. The summed E-state index contributed by atoms with van der Waals surface area (Å²) in [4.78, 5) is 10.9. The SMILES string of the molecule is CCCN(c1nccc(OC)n1)C1CNC1. The molecule has 1 aliphatic rings. The Hall–Kier alpha value is -1.36. The van der Waals surface area contributed by atoms with E-state index in [2.05, 4.69) is 27.1 Å². The zero-order chi connectivity index (χ0) is 11.4. The highest BCUT2D eigenvalue weighted by atomic mass is 16.5. The molecule has 88 valence electrons. The van der Waals surface area contributed by atoms with Crippen molar-refractivity contribution in [3.05, 3.63) is 12.3 Å². The predicted octanol–water partition coefficient (Wildman–Crippen LogP) is 0.673. The lowest BCUT2D eigenvalue weighted by Crippen LogP contribution is -2.58. The van der Waals surface area contributed by atoms with Crippen LogP contribution in [0.5, 0.6) is 5.88 Å². The average Bonchev–Trinajstić information content (AvgIpc) is 2.26. The maximum absolute atomic E-state index is 5.12. The number of nitrogens with one attached hydrogen (secondary N) is 1. The summed E-state index contributed by atoms with van der Waals surface area (Å²) in [5.74, 6) is 1.39. The van der Waals surface area contributed by atoms with Crippen LogP contribution in [-0.4, -0.2) is 42.8 Å². The molecule has 16 heavy (non-hydrogen) atoms. The fourth-order valence-electron chi connectivity index (χ4n) is 1.77. The molecule has 0 atom stereocenters. The minimum atomic E-state index is 0.520. The zero-order valence-corrected chi connectivity index (χ0v) is 9.81. The molecule has 0 aromatic carbocycles. The molecular weight excluding hydrogens is 204 g/mol. The van der Waals surface area contributed by atoms with Gasteiger partial charge in [0.25, 0.3) is 0 Å². The highest BCUT2D eigenvalue weighted by molar-refractivity contribution is 5.35. The van der Waals surface area contributed by atoms with Crippen LogP contribution in [0.4, 0.5) is 5.95 Å². The van der Waals surface area contributed by atoms with Crippen LogP contribution in [0.1, 0.15) is 13.3 Å². The molecule has 0 saturated carbocycles. The zero-order valence-electron chi connectivity index (χ0n) is 9.81. The lowest BCUT2D eigenvalue weighted by molar-refractivity contribution is 0.387. The fourth-order valence-corrected chi connectivity index (χ4v) is 1.77. The first kappa shape index (κ1) is 11.1. The summed E-state index contributed by atoms with van der Waals surface area (Å²) < 4.78 is 5.12. The Bertz CT molecular complexity index is 341. The van der Waals surface area contributed by atoms with E-state index in [0.29, 0.717) is 11.9 Å². The molecular formula is C11H18N4O. The Morgan fingerprint density at radius 3 is 2.94 bits per heavy atom. The van der Waals surface area contributed by atoms with E-state index in [-0.39, 0.29) is 0 Å². The second kappa shape index (κ2) is 5.12. The lowest BCUT2D eigenvalue weighted by Gasteiger charge is -2.38. The molecule has 0 unspecified atom stereocenters.